The summed E-state index contributed by atoms with van der Waals surface area (Å²) in [4.78, 5) is 33.3. The van der Waals surface area contributed by atoms with E-state index in [0.29, 0.717) is 12.1 Å². The highest BCUT2D eigenvalue weighted by Crippen LogP contribution is 2.44. The molecule has 2 aliphatic heterocycles. The van der Waals surface area contributed by atoms with Gasteiger partial charge >= 0.3 is 6.18 Å². The Kier molecular flexibility index (Phi) is 10.3. The Balaban J connectivity index is 1.75. The van der Waals surface area contributed by atoms with E-state index < -0.39 is 41.7 Å². The molecule has 6 nitrogen and oxygen atoms in total. The Morgan fingerprint density at radius 1 is 1.02 bits per heavy atom. The lowest BCUT2D eigenvalue weighted by Gasteiger charge is -2.45. The zero-order valence-corrected chi connectivity index (χ0v) is 24.5. The van der Waals surface area contributed by atoms with Crippen LogP contribution in [0.15, 0.2) is 42.5 Å². The van der Waals surface area contributed by atoms with Gasteiger partial charge in [-0.05, 0) is 89.1 Å². The van der Waals surface area contributed by atoms with Crippen LogP contribution < -0.4 is 0 Å². The van der Waals surface area contributed by atoms with Crippen LogP contribution in [0.25, 0.3) is 0 Å². The fourth-order valence-corrected chi connectivity index (χ4v) is 6.61. The summed E-state index contributed by atoms with van der Waals surface area (Å²) in [5.41, 5.74) is 0.979. The van der Waals surface area contributed by atoms with Crippen molar-refractivity contribution in [3.05, 3.63) is 65.0 Å². The van der Waals surface area contributed by atoms with E-state index in [1.165, 1.54) is 24.3 Å². The van der Waals surface area contributed by atoms with Gasteiger partial charge in [0.25, 0.3) is 0 Å². The van der Waals surface area contributed by atoms with Crippen LogP contribution in [-0.4, -0.2) is 90.5 Å². The van der Waals surface area contributed by atoms with Crippen molar-refractivity contribution in [3.63, 3.8) is 0 Å². The summed E-state index contributed by atoms with van der Waals surface area (Å²) in [5, 5.41) is 10.1. The molecule has 0 bridgehead atoms. The third kappa shape index (κ3) is 7.32. The first kappa shape index (κ1) is 31.9. The number of benzene rings is 2. The molecule has 2 aromatic rings. The number of likely N-dealkylation sites (tertiary alicyclic amines) is 2. The number of hydrogen-bond donors (Lipinski definition) is 1. The highest BCUT2D eigenvalue weighted by Gasteiger charge is 2.52. The molecular formula is C32H41F4N3O3. The van der Waals surface area contributed by atoms with Crippen molar-refractivity contribution in [3.8, 4) is 5.75 Å². The van der Waals surface area contributed by atoms with Gasteiger partial charge in [0.15, 0.2) is 5.78 Å². The standard InChI is InChI=1S/C32H41F4N3O3/c1-21-24(12-8-13-27(21)33)29-25(30(41)22-10-7-11-23(40)18-22)19-38(16-6-4-5-15-37(2)3)20-26(29)31(42)39-17-9-14-28(39)32(34,35)36/h7-8,10-13,18,25-26,28-29,40H,4-6,9,14-17,19-20H2,1-3H3/t25-,26+,28-,29+/m0/s1. The van der Waals surface area contributed by atoms with E-state index in [1.807, 2.05) is 19.0 Å². The fourth-order valence-electron chi connectivity index (χ4n) is 6.61. The van der Waals surface area contributed by atoms with E-state index in [9.17, 15) is 32.3 Å². The van der Waals surface area contributed by atoms with Crippen LogP contribution in [0.3, 0.4) is 0 Å². The van der Waals surface area contributed by atoms with E-state index in [2.05, 4.69) is 4.90 Å². The number of Topliss-reactive ketones (excluding diaryl/α,β-unsaturated/α-hetero) is 1. The quantitative estimate of drug-likeness (QED) is 0.220. The van der Waals surface area contributed by atoms with Crippen LogP contribution in [0.1, 0.15) is 59.5 Å². The van der Waals surface area contributed by atoms with Gasteiger partial charge in [0.2, 0.25) is 5.91 Å². The summed E-state index contributed by atoms with van der Waals surface area (Å²) >= 11 is 0. The van der Waals surface area contributed by atoms with Gasteiger partial charge < -0.3 is 19.8 Å². The molecule has 2 aliphatic rings. The zero-order valence-electron chi connectivity index (χ0n) is 24.5. The molecule has 1 amide bonds. The number of nitrogens with zero attached hydrogens (tertiary/aromatic N) is 3. The van der Waals surface area contributed by atoms with Crippen LogP contribution in [-0.2, 0) is 4.79 Å². The summed E-state index contributed by atoms with van der Waals surface area (Å²) < 4.78 is 56.8. The van der Waals surface area contributed by atoms with Gasteiger partial charge in [0.1, 0.15) is 17.6 Å². The number of alkyl halides is 3. The second kappa shape index (κ2) is 13.5. The minimum Gasteiger partial charge on any atom is -0.508 e. The maximum Gasteiger partial charge on any atom is 0.408 e. The third-order valence-electron chi connectivity index (χ3n) is 8.72. The van der Waals surface area contributed by atoms with Crippen LogP contribution >= 0.6 is 0 Å². The molecule has 4 rings (SSSR count). The first-order valence-electron chi connectivity index (χ1n) is 14.7. The lowest BCUT2D eigenvalue weighted by Crippen LogP contribution is -2.55. The molecule has 2 heterocycles. The summed E-state index contributed by atoms with van der Waals surface area (Å²) in [6.45, 7) is 3.53. The van der Waals surface area contributed by atoms with Crippen molar-refractivity contribution in [1.82, 2.24) is 14.7 Å². The SMILES string of the molecule is Cc1c(F)cccc1[C@@H]1[C@@H](C(=O)c2cccc(O)c2)CN(CCCCCN(C)C)C[C@H]1C(=O)N1CCC[C@H]1C(F)(F)F. The number of phenols is 1. The predicted molar refractivity (Wildman–Crippen MR) is 153 cm³/mol. The minimum absolute atomic E-state index is 0.00985. The highest BCUT2D eigenvalue weighted by molar-refractivity contribution is 5.99. The molecule has 2 aromatic carbocycles. The number of carbonyl (C=O) groups is 2. The second-order valence-corrected chi connectivity index (χ2v) is 12.0. The van der Waals surface area contributed by atoms with Gasteiger partial charge in [-0.2, -0.15) is 13.2 Å². The Hall–Kier alpha value is -2.98. The molecule has 0 saturated carbocycles. The molecule has 10 heteroatoms. The summed E-state index contributed by atoms with van der Waals surface area (Å²) in [6, 6.07) is 8.55. The van der Waals surface area contributed by atoms with Crippen molar-refractivity contribution >= 4 is 11.7 Å². The van der Waals surface area contributed by atoms with Crippen LogP contribution in [0.5, 0.6) is 5.75 Å². The molecule has 0 unspecified atom stereocenters. The second-order valence-electron chi connectivity index (χ2n) is 12.0. The maximum absolute atomic E-state index is 14.9. The fraction of sp³-hybridized carbons (Fsp3) is 0.562. The van der Waals surface area contributed by atoms with Crippen LogP contribution in [0.4, 0.5) is 17.6 Å². The monoisotopic (exact) mass is 591 g/mol. The molecule has 0 aromatic heterocycles. The Labute approximate surface area is 245 Å². The molecule has 1 N–H and O–H groups in total. The lowest BCUT2D eigenvalue weighted by atomic mass is 9.69. The Morgan fingerprint density at radius 3 is 2.43 bits per heavy atom. The number of amides is 1. The summed E-state index contributed by atoms with van der Waals surface area (Å²) in [7, 11) is 4.00. The molecule has 42 heavy (non-hydrogen) atoms. The Morgan fingerprint density at radius 2 is 1.74 bits per heavy atom. The van der Waals surface area contributed by atoms with Gasteiger partial charge in [-0.15, -0.1) is 0 Å². The average molecular weight is 592 g/mol. The number of hydrogen-bond acceptors (Lipinski definition) is 5. The minimum atomic E-state index is -4.56. The van der Waals surface area contributed by atoms with Crippen molar-refractivity contribution < 1.29 is 32.3 Å². The number of phenolic OH excluding ortho intramolecular Hbond substituents is 1. The van der Waals surface area contributed by atoms with Gasteiger partial charge in [-0.25, -0.2) is 4.39 Å². The Bertz CT molecular complexity index is 1250. The molecule has 2 saturated heterocycles. The topological polar surface area (TPSA) is 64.1 Å². The number of halogens is 4. The van der Waals surface area contributed by atoms with Gasteiger partial charge in [0.05, 0.1) is 5.92 Å². The molecule has 0 spiro atoms. The third-order valence-corrected chi connectivity index (χ3v) is 8.72. The van der Waals surface area contributed by atoms with E-state index >= 15 is 0 Å². The number of rotatable bonds is 10. The molecule has 230 valence electrons. The number of aromatic hydroxyl groups is 1. The van der Waals surface area contributed by atoms with E-state index in [0.717, 1.165) is 30.7 Å². The van der Waals surface area contributed by atoms with Crippen LogP contribution in [0.2, 0.25) is 0 Å². The van der Waals surface area contributed by atoms with Crippen LogP contribution in [0, 0.1) is 24.6 Å². The smallest absolute Gasteiger partial charge is 0.408 e. The molecule has 0 aliphatic carbocycles. The normalized spacial score (nSPS) is 23.5. The van der Waals surface area contributed by atoms with Crippen molar-refractivity contribution in [2.45, 2.75) is 57.2 Å². The molecule has 4 atom stereocenters. The predicted octanol–water partition coefficient (Wildman–Crippen LogP) is 5.64. The highest BCUT2D eigenvalue weighted by atomic mass is 19.4. The van der Waals surface area contributed by atoms with Gasteiger partial charge in [-0.3, -0.25) is 9.59 Å². The first-order chi connectivity index (χ1) is 19.9. The molecule has 0 radical (unpaired) electrons. The van der Waals surface area contributed by atoms with Crippen molar-refractivity contribution in [2.75, 3.05) is 46.8 Å². The van der Waals surface area contributed by atoms with Crippen molar-refractivity contribution in [2.24, 2.45) is 11.8 Å². The van der Waals surface area contributed by atoms with Crippen molar-refractivity contribution in [1.29, 1.82) is 0 Å². The van der Waals surface area contributed by atoms with Gasteiger partial charge in [-0.1, -0.05) is 30.7 Å². The number of ketones is 1. The van der Waals surface area contributed by atoms with E-state index in [1.54, 1.807) is 25.1 Å². The van der Waals surface area contributed by atoms with Gasteiger partial charge in [0, 0.05) is 37.0 Å². The number of unbranched alkanes of at least 4 members (excludes halogenated alkanes) is 2. The first-order valence-corrected chi connectivity index (χ1v) is 14.7. The molecule has 2 fully saturated rings. The zero-order chi connectivity index (χ0) is 30.6. The number of piperidine rings is 1. The largest absolute Gasteiger partial charge is 0.508 e. The van der Waals surface area contributed by atoms with E-state index in [4.69, 9.17) is 0 Å². The molecular weight excluding hydrogens is 550 g/mol. The van der Waals surface area contributed by atoms with E-state index in [-0.39, 0.29) is 55.1 Å². The number of carbonyl (C=O) groups excluding carboxylic acids is 2. The average Bonchev–Trinajstić information content (AvgIpc) is 3.44. The summed E-state index contributed by atoms with van der Waals surface area (Å²) in [5.74, 6) is -4.20. The lowest BCUT2D eigenvalue weighted by molar-refractivity contribution is -0.185. The maximum atomic E-state index is 14.9. The summed E-state index contributed by atoms with van der Waals surface area (Å²) in [6.07, 6.45) is -1.77.